The van der Waals surface area contributed by atoms with Gasteiger partial charge >= 0.3 is 0 Å². The summed E-state index contributed by atoms with van der Waals surface area (Å²) < 4.78 is 5.26. The van der Waals surface area contributed by atoms with Crippen molar-refractivity contribution >= 4 is 0 Å². The molecular formula is C16H27NO2. The van der Waals surface area contributed by atoms with Crippen LogP contribution in [0.15, 0.2) is 30.3 Å². The molecule has 0 radical (unpaired) electrons. The first kappa shape index (κ1) is 16.2. The van der Waals surface area contributed by atoms with Gasteiger partial charge in [0, 0.05) is 13.7 Å². The van der Waals surface area contributed by atoms with Crippen LogP contribution in [0, 0.1) is 5.92 Å². The van der Waals surface area contributed by atoms with Gasteiger partial charge < -0.3 is 15.2 Å². The molecule has 0 spiro atoms. The zero-order valence-electron chi connectivity index (χ0n) is 12.5. The Morgan fingerprint density at radius 3 is 2.42 bits per heavy atom. The lowest BCUT2D eigenvalue weighted by Gasteiger charge is -2.28. The SMILES string of the molecule is COCC(NCC(C)(O)CC(C)C)c1ccccc1. The van der Waals surface area contributed by atoms with Gasteiger partial charge in [-0.1, -0.05) is 44.2 Å². The molecule has 0 aliphatic rings. The number of aliphatic hydroxyl groups is 1. The van der Waals surface area contributed by atoms with Crippen LogP contribution in [0.25, 0.3) is 0 Å². The van der Waals surface area contributed by atoms with E-state index in [1.54, 1.807) is 7.11 Å². The number of methoxy groups -OCH3 is 1. The molecule has 19 heavy (non-hydrogen) atoms. The Hall–Kier alpha value is -0.900. The quantitative estimate of drug-likeness (QED) is 0.759. The van der Waals surface area contributed by atoms with E-state index in [-0.39, 0.29) is 6.04 Å². The predicted octanol–water partition coefficient (Wildman–Crippen LogP) is 2.76. The lowest BCUT2D eigenvalue weighted by molar-refractivity contribution is 0.0321. The highest BCUT2D eigenvalue weighted by Gasteiger charge is 2.23. The number of benzene rings is 1. The van der Waals surface area contributed by atoms with Crippen molar-refractivity contribution in [2.24, 2.45) is 5.92 Å². The molecule has 0 amide bonds. The van der Waals surface area contributed by atoms with Crippen LogP contribution >= 0.6 is 0 Å². The maximum atomic E-state index is 10.3. The molecule has 1 rings (SSSR count). The summed E-state index contributed by atoms with van der Waals surface area (Å²) >= 11 is 0. The molecule has 3 heteroatoms. The summed E-state index contributed by atoms with van der Waals surface area (Å²) in [5.74, 6) is 0.481. The van der Waals surface area contributed by atoms with Crippen molar-refractivity contribution in [1.29, 1.82) is 0 Å². The molecule has 0 aliphatic carbocycles. The molecule has 108 valence electrons. The molecule has 0 saturated heterocycles. The van der Waals surface area contributed by atoms with Gasteiger partial charge in [-0.25, -0.2) is 0 Å². The Balaban J connectivity index is 2.60. The van der Waals surface area contributed by atoms with E-state index < -0.39 is 5.60 Å². The Labute approximate surface area is 117 Å². The van der Waals surface area contributed by atoms with Crippen LogP contribution in [0.2, 0.25) is 0 Å². The topological polar surface area (TPSA) is 41.5 Å². The van der Waals surface area contributed by atoms with Gasteiger partial charge in [0.15, 0.2) is 0 Å². The third kappa shape index (κ3) is 6.19. The maximum absolute atomic E-state index is 10.3. The van der Waals surface area contributed by atoms with Crippen molar-refractivity contribution in [3.05, 3.63) is 35.9 Å². The standard InChI is InChI=1S/C16H27NO2/c1-13(2)10-16(3,18)12-17-15(11-19-4)14-8-6-5-7-9-14/h5-9,13,15,17-18H,10-12H2,1-4H3. The Bertz CT molecular complexity index is 349. The van der Waals surface area contributed by atoms with Crippen LogP contribution in [0.3, 0.4) is 0 Å². The summed E-state index contributed by atoms with van der Waals surface area (Å²) in [5.41, 5.74) is 0.499. The third-order valence-electron chi connectivity index (χ3n) is 3.11. The van der Waals surface area contributed by atoms with Crippen LogP contribution in [0.1, 0.15) is 38.8 Å². The molecule has 0 saturated carbocycles. The molecule has 1 aromatic rings. The van der Waals surface area contributed by atoms with Crippen molar-refractivity contribution in [2.75, 3.05) is 20.3 Å². The first-order valence-corrected chi connectivity index (χ1v) is 6.94. The van der Waals surface area contributed by atoms with E-state index in [4.69, 9.17) is 4.74 Å². The summed E-state index contributed by atoms with van der Waals surface area (Å²) in [6.45, 7) is 7.29. The van der Waals surface area contributed by atoms with E-state index in [0.717, 1.165) is 6.42 Å². The van der Waals surface area contributed by atoms with Crippen LogP contribution in [0.5, 0.6) is 0 Å². The van der Waals surface area contributed by atoms with Crippen molar-refractivity contribution in [3.8, 4) is 0 Å². The Kier molecular flexibility index (Phi) is 6.49. The van der Waals surface area contributed by atoms with E-state index in [2.05, 4.69) is 31.3 Å². The molecular weight excluding hydrogens is 238 g/mol. The molecule has 0 fully saturated rings. The van der Waals surface area contributed by atoms with Gasteiger partial charge in [-0.15, -0.1) is 0 Å². The third-order valence-corrected chi connectivity index (χ3v) is 3.11. The zero-order chi connectivity index (χ0) is 14.3. The highest BCUT2D eigenvalue weighted by Crippen LogP contribution is 2.18. The maximum Gasteiger partial charge on any atom is 0.0746 e. The Morgan fingerprint density at radius 2 is 1.89 bits per heavy atom. The zero-order valence-corrected chi connectivity index (χ0v) is 12.5. The van der Waals surface area contributed by atoms with E-state index in [1.165, 1.54) is 5.56 Å². The second kappa shape index (κ2) is 7.63. The van der Waals surface area contributed by atoms with Gasteiger partial charge in [0.05, 0.1) is 18.2 Å². The van der Waals surface area contributed by atoms with Crippen molar-refractivity contribution in [3.63, 3.8) is 0 Å². The summed E-state index contributed by atoms with van der Waals surface area (Å²) in [5, 5.41) is 13.8. The van der Waals surface area contributed by atoms with Crippen molar-refractivity contribution in [2.45, 2.75) is 38.8 Å². The van der Waals surface area contributed by atoms with Crippen LogP contribution in [-0.4, -0.2) is 31.0 Å². The molecule has 0 aromatic heterocycles. The fraction of sp³-hybridized carbons (Fsp3) is 0.625. The fourth-order valence-electron chi connectivity index (χ4n) is 2.42. The van der Waals surface area contributed by atoms with Crippen molar-refractivity contribution < 1.29 is 9.84 Å². The van der Waals surface area contributed by atoms with Crippen LogP contribution in [-0.2, 0) is 4.74 Å². The highest BCUT2D eigenvalue weighted by molar-refractivity contribution is 5.19. The van der Waals surface area contributed by atoms with E-state index in [0.29, 0.717) is 19.1 Å². The first-order valence-electron chi connectivity index (χ1n) is 6.94. The predicted molar refractivity (Wildman–Crippen MR) is 79.1 cm³/mol. The summed E-state index contributed by atoms with van der Waals surface area (Å²) in [7, 11) is 1.70. The van der Waals surface area contributed by atoms with Gasteiger partial charge in [-0.3, -0.25) is 0 Å². The number of hydrogen-bond donors (Lipinski definition) is 2. The number of ether oxygens (including phenoxy) is 1. The molecule has 0 heterocycles. The minimum atomic E-state index is -0.686. The molecule has 2 unspecified atom stereocenters. The van der Waals surface area contributed by atoms with E-state index >= 15 is 0 Å². The second-order valence-electron chi connectivity index (χ2n) is 5.89. The molecule has 0 aliphatic heterocycles. The molecule has 2 atom stereocenters. The smallest absolute Gasteiger partial charge is 0.0746 e. The summed E-state index contributed by atoms with van der Waals surface area (Å²) in [6, 6.07) is 10.3. The first-order chi connectivity index (χ1) is 8.94. The van der Waals surface area contributed by atoms with Gasteiger partial charge in [0.2, 0.25) is 0 Å². The largest absolute Gasteiger partial charge is 0.389 e. The van der Waals surface area contributed by atoms with Gasteiger partial charge in [0.1, 0.15) is 0 Å². The average molecular weight is 265 g/mol. The second-order valence-corrected chi connectivity index (χ2v) is 5.89. The number of rotatable bonds is 8. The lowest BCUT2D eigenvalue weighted by Crippen LogP contribution is -2.41. The normalized spacial score (nSPS) is 16.3. The Morgan fingerprint density at radius 1 is 1.26 bits per heavy atom. The fourth-order valence-corrected chi connectivity index (χ4v) is 2.42. The molecule has 3 nitrogen and oxygen atoms in total. The summed E-state index contributed by atoms with van der Waals surface area (Å²) in [6.07, 6.45) is 0.786. The number of nitrogens with one attached hydrogen (secondary N) is 1. The van der Waals surface area contributed by atoms with Gasteiger partial charge in [-0.05, 0) is 24.8 Å². The monoisotopic (exact) mass is 265 g/mol. The number of hydrogen-bond acceptors (Lipinski definition) is 3. The van der Waals surface area contributed by atoms with E-state index in [9.17, 15) is 5.11 Å². The van der Waals surface area contributed by atoms with Gasteiger partial charge in [-0.2, -0.15) is 0 Å². The average Bonchev–Trinajstić information content (AvgIpc) is 2.34. The van der Waals surface area contributed by atoms with Gasteiger partial charge in [0.25, 0.3) is 0 Å². The molecule has 2 N–H and O–H groups in total. The highest BCUT2D eigenvalue weighted by atomic mass is 16.5. The molecule has 1 aromatic carbocycles. The summed E-state index contributed by atoms with van der Waals surface area (Å²) in [4.78, 5) is 0. The minimum Gasteiger partial charge on any atom is -0.389 e. The minimum absolute atomic E-state index is 0.116. The van der Waals surface area contributed by atoms with E-state index in [1.807, 2.05) is 25.1 Å². The van der Waals surface area contributed by atoms with Crippen molar-refractivity contribution in [1.82, 2.24) is 5.32 Å². The van der Waals surface area contributed by atoms with Crippen LogP contribution in [0.4, 0.5) is 0 Å². The lowest BCUT2D eigenvalue weighted by atomic mass is 9.93. The van der Waals surface area contributed by atoms with Crippen LogP contribution < -0.4 is 5.32 Å². The molecule has 0 bridgehead atoms.